The highest BCUT2D eigenvalue weighted by Crippen LogP contribution is 2.24. The van der Waals surface area contributed by atoms with Crippen LogP contribution in [0.4, 0.5) is 0 Å². The molecule has 0 aliphatic carbocycles. The van der Waals surface area contributed by atoms with E-state index in [9.17, 15) is 0 Å². The van der Waals surface area contributed by atoms with Crippen molar-refractivity contribution < 1.29 is 0 Å². The number of fused-ring (bicyclic) bond motifs is 1. The number of nitrogens with two attached hydrogens (primary N) is 1. The molecule has 0 fully saturated rings. The van der Waals surface area contributed by atoms with Gasteiger partial charge in [-0.1, -0.05) is 18.2 Å². The van der Waals surface area contributed by atoms with Crippen molar-refractivity contribution in [3.63, 3.8) is 0 Å². The van der Waals surface area contributed by atoms with Gasteiger partial charge in [-0.25, -0.2) is 0 Å². The smallest absolute Gasteiger partial charge is 0.0717 e. The Labute approximate surface area is 91.3 Å². The van der Waals surface area contributed by atoms with Crippen LogP contribution in [0.1, 0.15) is 18.7 Å². The molecule has 1 aromatic heterocycles. The van der Waals surface area contributed by atoms with Crippen LogP contribution in [0.5, 0.6) is 0 Å². The summed E-state index contributed by atoms with van der Waals surface area (Å²) >= 11 is 3.48. The Morgan fingerprint density at radius 2 is 2.07 bits per heavy atom. The molecular weight excluding hydrogens is 240 g/mol. The Hall–Kier alpha value is -0.930. The van der Waals surface area contributed by atoms with Crippen LogP contribution in [0.15, 0.2) is 34.8 Å². The molecule has 1 heterocycles. The maximum atomic E-state index is 5.81. The summed E-state index contributed by atoms with van der Waals surface area (Å²) in [6, 6.07) is 10.0. The first-order valence-electron chi connectivity index (χ1n) is 4.49. The van der Waals surface area contributed by atoms with Gasteiger partial charge in [-0.05, 0) is 35.0 Å². The van der Waals surface area contributed by atoms with E-state index >= 15 is 0 Å². The molecule has 2 aromatic rings. The first kappa shape index (κ1) is 9.62. The lowest BCUT2D eigenvalue weighted by molar-refractivity contribution is 0.781. The average Bonchev–Trinajstić information content (AvgIpc) is 2.16. The lowest BCUT2D eigenvalue weighted by Gasteiger charge is -2.08. The highest BCUT2D eigenvalue weighted by Gasteiger charge is 2.07. The highest BCUT2D eigenvalue weighted by molar-refractivity contribution is 9.10. The van der Waals surface area contributed by atoms with Gasteiger partial charge in [0.1, 0.15) is 0 Å². The Balaban J connectivity index is 2.71. The number of hydrogen-bond acceptors (Lipinski definition) is 2. The Morgan fingerprint density at radius 1 is 1.36 bits per heavy atom. The van der Waals surface area contributed by atoms with Gasteiger partial charge >= 0.3 is 0 Å². The molecule has 0 aliphatic heterocycles. The highest BCUT2D eigenvalue weighted by atomic mass is 79.9. The summed E-state index contributed by atoms with van der Waals surface area (Å²) in [4.78, 5) is 4.50. The minimum absolute atomic E-state index is 0.0472. The Bertz CT molecular complexity index is 466. The van der Waals surface area contributed by atoms with E-state index in [-0.39, 0.29) is 6.04 Å². The lowest BCUT2D eigenvalue weighted by atomic mass is 10.1. The summed E-state index contributed by atoms with van der Waals surface area (Å²) in [7, 11) is 0. The average molecular weight is 251 g/mol. The fraction of sp³-hybridized carbons (Fsp3) is 0.182. The number of nitrogens with zero attached hydrogens (tertiary/aromatic N) is 1. The molecule has 0 saturated carbocycles. The van der Waals surface area contributed by atoms with E-state index in [1.54, 1.807) is 0 Å². The monoisotopic (exact) mass is 250 g/mol. The van der Waals surface area contributed by atoms with Crippen molar-refractivity contribution in [3.05, 3.63) is 40.5 Å². The van der Waals surface area contributed by atoms with Gasteiger partial charge in [0.05, 0.1) is 11.2 Å². The SMILES string of the molecule is C[C@H](N)c1nc2ccccc2cc1Br. The van der Waals surface area contributed by atoms with E-state index < -0.39 is 0 Å². The molecule has 14 heavy (non-hydrogen) atoms. The van der Waals surface area contributed by atoms with Crippen molar-refractivity contribution >= 4 is 26.8 Å². The number of para-hydroxylation sites is 1. The van der Waals surface area contributed by atoms with Gasteiger partial charge in [0, 0.05) is 15.9 Å². The van der Waals surface area contributed by atoms with Crippen molar-refractivity contribution in [2.24, 2.45) is 5.73 Å². The number of hydrogen-bond donors (Lipinski definition) is 1. The molecule has 0 spiro atoms. The maximum Gasteiger partial charge on any atom is 0.0717 e. The third-order valence-electron chi connectivity index (χ3n) is 2.14. The van der Waals surface area contributed by atoms with Gasteiger partial charge in [-0.2, -0.15) is 0 Å². The van der Waals surface area contributed by atoms with Crippen molar-refractivity contribution in [2.45, 2.75) is 13.0 Å². The third kappa shape index (κ3) is 1.65. The third-order valence-corrected chi connectivity index (χ3v) is 2.77. The molecule has 0 saturated heterocycles. The lowest BCUT2D eigenvalue weighted by Crippen LogP contribution is -2.08. The second kappa shape index (κ2) is 3.67. The van der Waals surface area contributed by atoms with E-state index in [4.69, 9.17) is 5.73 Å². The molecule has 72 valence electrons. The van der Waals surface area contributed by atoms with Crippen LogP contribution in [0.3, 0.4) is 0 Å². The predicted octanol–water partition coefficient (Wildman–Crippen LogP) is 3.02. The van der Waals surface area contributed by atoms with Gasteiger partial charge in [-0.3, -0.25) is 4.98 Å². The molecule has 0 amide bonds. The molecule has 1 atom stereocenters. The summed E-state index contributed by atoms with van der Waals surface area (Å²) in [6.07, 6.45) is 0. The minimum Gasteiger partial charge on any atom is -0.323 e. The zero-order valence-electron chi connectivity index (χ0n) is 7.87. The molecule has 0 bridgehead atoms. The van der Waals surface area contributed by atoms with Gasteiger partial charge in [0.25, 0.3) is 0 Å². The maximum absolute atomic E-state index is 5.81. The van der Waals surface area contributed by atoms with Gasteiger partial charge in [0.15, 0.2) is 0 Å². The second-order valence-corrected chi connectivity index (χ2v) is 4.19. The van der Waals surface area contributed by atoms with Gasteiger partial charge in [0.2, 0.25) is 0 Å². The second-order valence-electron chi connectivity index (χ2n) is 3.34. The van der Waals surface area contributed by atoms with Crippen LogP contribution in [0.25, 0.3) is 10.9 Å². The number of rotatable bonds is 1. The standard InChI is InChI=1S/C11H11BrN2/c1-7(13)11-9(12)6-8-4-2-3-5-10(8)14-11/h2-7H,13H2,1H3/t7-/m0/s1. The van der Waals surface area contributed by atoms with Crippen molar-refractivity contribution in [1.82, 2.24) is 4.98 Å². The van der Waals surface area contributed by atoms with Crippen LogP contribution in [-0.4, -0.2) is 4.98 Å². The van der Waals surface area contributed by atoms with Gasteiger partial charge in [-0.15, -0.1) is 0 Å². The predicted molar refractivity (Wildman–Crippen MR) is 62.0 cm³/mol. The largest absolute Gasteiger partial charge is 0.323 e. The fourth-order valence-electron chi connectivity index (χ4n) is 1.42. The van der Waals surface area contributed by atoms with Crippen molar-refractivity contribution in [2.75, 3.05) is 0 Å². The van der Waals surface area contributed by atoms with Crippen LogP contribution in [0, 0.1) is 0 Å². The number of benzene rings is 1. The van der Waals surface area contributed by atoms with Crippen LogP contribution >= 0.6 is 15.9 Å². The zero-order valence-corrected chi connectivity index (χ0v) is 9.45. The van der Waals surface area contributed by atoms with E-state index in [0.717, 1.165) is 21.1 Å². The van der Waals surface area contributed by atoms with E-state index in [2.05, 4.69) is 27.0 Å². The van der Waals surface area contributed by atoms with Crippen LogP contribution in [0.2, 0.25) is 0 Å². The minimum atomic E-state index is -0.0472. The summed E-state index contributed by atoms with van der Waals surface area (Å²) in [6.45, 7) is 1.93. The summed E-state index contributed by atoms with van der Waals surface area (Å²) < 4.78 is 0.978. The van der Waals surface area contributed by atoms with Crippen LogP contribution in [-0.2, 0) is 0 Å². The summed E-state index contributed by atoms with van der Waals surface area (Å²) in [5, 5.41) is 1.13. The van der Waals surface area contributed by atoms with E-state index in [0.29, 0.717) is 0 Å². The number of aromatic nitrogens is 1. The number of pyridine rings is 1. The van der Waals surface area contributed by atoms with Crippen LogP contribution < -0.4 is 5.73 Å². The molecule has 3 heteroatoms. The zero-order chi connectivity index (χ0) is 10.1. The van der Waals surface area contributed by atoms with E-state index in [1.165, 1.54) is 0 Å². The molecule has 2 nitrogen and oxygen atoms in total. The fourth-order valence-corrected chi connectivity index (χ4v) is 2.12. The van der Waals surface area contributed by atoms with Gasteiger partial charge < -0.3 is 5.73 Å². The molecular formula is C11H11BrN2. The summed E-state index contributed by atoms with van der Waals surface area (Å²) in [5.74, 6) is 0. The molecule has 0 aliphatic rings. The normalized spacial score (nSPS) is 13.1. The first-order valence-corrected chi connectivity index (χ1v) is 5.28. The quantitative estimate of drug-likeness (QED) is 0.846. The molecule has 1 aromatic carbocycles. The Kier molecular flexibility index (Phi) is 2.52. The topological polar surface area (TPSA) is 38.9 Å². The Morgan fingerprint density at radius 3 is 2.79 bits per heavy atom. The van der Waals surface area contributed by atoms with Crippen molar-refractivity contribution in [3.8, 4) is 0 Å². The molecule has 2 rings (SSSR count). The number of halogens is 1. The molecule has 2 N–H and O–H groups in total. The van der Waals surface area contributed by atoms with Crippen molar-refractivity contribution in [1.29, 1.82) is 0 Å². The first-order chi connectivity index (χ1) is 6.68. The molecule has 0 radical (unpaired) electrons. The molecule has 0 unspecified atom stereocenters. The van der Waals surface area contributed by atoms with E-state index in [1.807, 2.05) is 31.2 Å². The summed E-state index contributed by atoms with van der Waals surface area (Å²) in [5.41, 5.74) is 7.71.